The lowest BCUT2D eigenvalue weighted by atomic mass is 9.87. The number of aryl methyl sites for hydroxylation is 1. The zero-order chi connectivity index (χ0) is 22.4. The summed E-state index contributed by atoms with van der Waals surface area (Å²) in [6.07, 6.45) is 1.18. The van der Waals surface area contributed by atoms with Crippen molar-refractivity contribution in [3.05, 3.63) is 70.3 Å². The van der Waals surface area contributed by atoms with E-state index in [9.17, 15) is 17.6 Å². The first-order chi connectivity index (χ1) is 14.6. The molecule has 2 atom stereocenters. The van der Waals surface area contributed by atoms with Gasteiger partial charge < -0.3 is 14.0 Å². The van der Waals surface area contributed by atoms with E-state index in [0.29, 0.717) is 29.5 Å². The number of halogens is 1. The maximum atomic E-state index is 14.5. The maximum Gasteiger partial charge on any atom is 0.250 e. The number of hydrogen-bond acceptors (Lipinski definition) is 5. The normalized spacial score (nSPS) is 22.0. The number of benzene rings is 2. The molecule has 0 amide bonds. The van der Waals surface area contributed by atoms with E-state index in [1.54, 1.807) is 26.3 Å². The lowest BCUT2D eigenvalue weighted by Gasteiger charge is -2.38. The van der Waals surface area contributed by atoms with E-state index in [1.165, 1.54) is 34.9 Å². The maximum absolute atomic E-state index is 14.5. The van der Waals surface area contributed by atoms with Crippen LogP contribution in [0.25, 0.3) is 10.9 Å². The van der Waals surface area contributed by atoms with Gasteiger partial charge in [0.25, 0.3) is 5.56 Å². The molecule has 2 heterocycles. The lowest BCUT2D eigenvalue weighted by Crippen LogP contribution is -2.38. The summed E-state index contributed by atoms with van der Waals surface area (Å²) in [7, 11) is -0.758. The van der Waals surface area contributed by atoms with Gasteiger partial charge in [0.1, 0.15) is 5.82 Å². The molecule has 2 unspecified atom stereocenters. The molecule has 0 spiro atoms. The second kappa shape index (κ2) is 7.85. The predicted octanol–water partition coefficient (Wildman–Crippen LogP) is 3.55. The average molecular weight is 446 g/mol. The highest BCUT2D eigenvalue weighted by molar-refractivity contribution is 7.91. The number of nitrogens with zero attached hydrogens (tertiary/aromatic N) is 1. The molecule has 164 valence electrons. The first kappa shape index (κ1) is 21.7. The SMILES string of the molecule is COC1CCOC(C)(c2cc(F)cc(S(=O)(=O)c3ccc4c(ccc(=O)n4C)c3)c2)C1. The summed E-state index contributed by atoms with van der Waals surface area (Å²) < 4.78 is 54.0. The first-order valence-corrected chi connectivity index (χ1v) is 11.4. The van der Waals surface area contributed by atoms with Crippen molar-refractivity contribution in [2.24, 2.45) is 7.05 Å². The fourth-order valence-corrected chi connectivity index (χ4v) is 5.45. The van der Waals surface area contributed by atoms with Crippen molar-refractivity contribution in [3.8, 4) is 0 Å². The van der Waals surface area contributed by atoms with Crippen LogP contribution in [0.2, 0.25) is 0 Å². The van der Waals surface area contributed by atoms with Crippen LogP contribution in [0, 0.1) is 5.82 Å². The average Bonchev–Trinajstić information content (AvgIpc) is 2.75. The molecule has 2 aromatic carbocycles. The molecule has 31 heavy (non-hydrogen) atoms. The molecular weight excluding hydrogens is 421 g/mol. The summed E-state index contributed by atoms with van der Waals surface area (Å²) in [6.45, 7) is 2.26. The molecule has 3 aromatic rings. The Balaban J connectivity index is 1.79. The van der Waals surface area contributed by atoms with Crippen LogP contribution < -0.4 is 5.56 Å². The molecule has 6 nitrogen and oxygen atoms in total. The van der Waals surface area contributed by atoms with E-state index in [1.807, 2.05) is 6.92 Å². The van der Waals surface area contributed by atoms with Gasteiger partial charge in [0.2, 0.25) is 9.84 Å². The van der Waals surface area contributed by atoms with Crippen LogP contribution in [0.15, 0.2) is 63.1 Å². The van der Waals surface area contributed by atoms with Gasteiger partial charge in [-0.1, -0.05) is 0 Å². The molecular formula is C23H24FNO5S. The van der Waals surface area contributed by atoms with Crippen LogP contribution in [0.5, 0.6) is 0 Å². The van der Waals surface area contributed by atoms with Crippen LogP contribution in [-0.2, 0) is 32.0 Å². The van der Waals surface area contributed by atoms with Crippen molar-refractivity contribution >= 4 is 20.7 Å². The zero-order valence-electron chi connectivity index (χ0n) is 17.6. The third kappa shape index (κ3) is 3.91. The van der Waals surface area contributed by atoms with E-state index in [4.69, 9.17) is 9.47 Å². The Morgan fingerprint density at radius 1 is 1.13 bits per heavy atom. The Labute approximate surface area is 180 Å². The van der Waals surface area contributed by atoms with E-state index in [2.05, 4.69) is 0 Å². The van der Waals surface area contributed by atoms with E-state index < -0.39 is 21.3 Å². The number of rotatable bonds is 4. The molecule has 1 aliphatic heterocycles. The largest absolute Gasteiger partial charge is 0.381 e. The van der Waals surface area contributed by atoms with Crippen LogP contribution in [-0.4, -0.2) is 32.8 Å². The number of aromatic nitrogens is 1. The smallest absolute Gasteiger partial charge is 0.250 e. The molecule has 0 radical (unpaired) electrons. The van der Waals surface area contributed by atoms with Crippen molar-refractivity contribution in [3.63, 3.8) is 0 Å². The third-order valence-corrected chi connectivity index (χ3v) is 7.74. The van der Waals surface area contributed by atoms with Gasteiger partial charge in [0.15, 0.2) is 0 Å². The second-order valence-electron chi connectivity index (χ2n) is 8.06. The monoisotopic (exact) mass is 445 g/mol. The van der Waals surface area contributed by atoms with E-state index in [0.717, 1.165) is 12.5 Å². The van der Waals surface area contributed by atoms with Gasteiger partial charge in [-0.2, -0.15) is 0 Å². The molecule has 1 aromatic heterocycles. The second-order valence-corrected chi connectivity index (χ2v) is 10.0. The Morgan fingerprint density at radius 3 is 2.65 bits per heavy atom. The minimum atomic E-state index is -4.00. The highest BCUT2D eigenvalue weighted by Crippen LogP contribution is 2.38. The molecule has 0 saturated carbocycles. The van der Waals surface area contributed by atoms with Crippen LogP contribution >= 0.6 is 0 Å². The van der Waals surface area contributed by atoms with Gasteiger partial charge in [-0.25, -0.2) is 12.8 Å². The number of sulfone groups is 1. The first-order valence-electron chi connectivity index (χ1n) is 9.97. The standard InChI is InChI=1S/C23H24FNO5S/c1-23(14-18(29-3)8-9-30-23)16-11-17(24)13-20(12-16)31(27,28)19-5-6-21-15(10-19)4-7-22(26)25(21)2/h4-7,10-13,18H,8-9,14H2,1-3H3. The Bertz CT molecular complexity index is 1320. The van der Waals surface area contributed by atoms with E-state index in [-0.39, 0.29) is 21.5 Å². The molecule has 0 bridgehead atoms. The number of methoxy groups -OCH3 is 1. The zero-order valence-corrected chi connectivity index (χ0v) is 18.4. The fraction of sp³-hybridized carbons (Fsp3) is 0.348. The van der Waals surface area contributed by atoms with Crippen LogP contribution in [0.4, 0.5) is 4.39 Å². The minimum Gasteiger partial charge on any atom is -0.381 e. The van der Waals surface area contributed by atoms with Crippen molar-refractivity contribution in [2.75, 3.05) is 13.7 Å². The Hall–Kier alpha value is -2.55. The fourth-order valence-electron chi connectivity index (χ4n) is 4.10. The van der Waals surface area contributed by atoms with E-state index >= 15 is 0 Å². The van der Waals surface area contributed by atoms with Crippen molar-refractivity contribution < 1.29 is 22.3 Å². The summed E-state index contributed by atoms with van der Waals surface area (Å²) in [4.78, 5) is 11.7. The number of hydrogen-bond donors (Lipinski definition) is 0. The minimum absolute atomic E-state index is 0.0275. The quantitative estimate of drug-likeness (QED) is 0.614. The topological polar surface area (TPSA) is 74.6 Å². The summed E-state index contributed by atoms with van der Waals surface area (Å²) in [5.74, 6) is -0.649. The van der Waals surface area contributed by atoms with Crippen molar-refractivity contribution in [2.45, 2.75) is 41.3 Å². The summed E-state index contributed by atoms with van der Waals surface area (Å²) in [6, 6.07) is 11.3. The third-order valence-electron chi connectivity index (χ3n) is 6.01. The summed E-state index contributed by atoms with van der Waals surface area (Å²) >= 11 is 0. The van der Waals surface area contributed by atoms with Crippen molar-refractivity contribution in [1.82, 2.24) is 4.57 Å². The molecule has 1 aliphatic rings. The van der Waals surface area contributed by atoms with Gasteiger partial charge in [-0.3, -0.25) is 4.79 Å². The molecule has 0 aliphatic carbocycles. The Kier molecular flexibility index (Phi) is 5.49. The van der Waals surface area contributed by atoms with Crippen LogP contribution in [0.1, 0.15) is 25.3 Å². The van der Waals surface area contributed by atoms with Gasteiger partial charge >= 0.3 is 0 Å². The predicted molar refractivity (Wildman–Crippen MR) is 114 cm³/mol. The molecule has 1 fully saturated rings. The highest BCUT2D eigenvalue weighted by atomic mass is 32.2. The van der Waals surface area contributed by atoms with Crippen molar-refractivity contribution in [1.29, 1.82) is 0 Å². The molecule has 8 heteroatoms. The molecule has 1 saturated heterocycles. The van der Waals surface area contributed by atoms with Gasteiger partial charge in [0, 0.05) is 26.6 Å². The molecule has 0 N–H and O–H groups in total. The van der Waals surface area contributed by atoms with Crippen LogP contribution in [0.3, 0.4) is 0 Å². The number of ether oxygens (including phenoxy) is 2. The Morgan fingerprint density at radius 2 is 1.90 bits per heavy atom. The summed E-state index contributed by atoms with van der Waals surface area (Å²) in [5, 5.41) is 0.602. The van der Waals surface area contributed by atoms with Gasteiger partial charge in [0.05, 0.1) is 33.6 Å². The number of fused-ring (bicyclic) bond motifs is 1. The lowest BCUT2D eigenvalue weighted by molar-refractivity contribution is -0.121. The van der Waals surface area contributed by atoms with Gasteiger partial charge in [-0.15, -0.1) is 0 Å². The number of pyridine rings is 1. The van der Waals surface area contributed by atoms with Gasteiger partial charge in [-0.05, 0) is 66.8 Å². The highest BCUT2D eigenvalue weighted by Gasteiger charge is 2.36. The summed E-state index contributed by atoms with van der Waals surface area (Å²) in [5.41, 5.74) is 0.0246. The molecule has 4 rings (SSSR count).